The fourth-order valence-corrected chi connectivity index (χ4v) is 2.29. The molecule has 2 heteroatoms. The molecule has 1 aliphatic carbocycles. The molecular weight excluding hydrogens is 152 g/mol. The summed E-state index contributed by atoms with van der Waals surface area (Å²) in [6.45, 7) is 4.39. The highest BCUT2D eigenvalue weighted by molar-refractivity contribution is 5.04. The average molecular weight is 170 g/mol. The van der Waals surface area contributed by atoms with Gasteiger partial charge in [-0.05, 0) is 39.0 Å². The van der Waals surface area contributed by atoms with Gasteiger partial charge in [0.25, 0.3) is 0 Å². The predicted octanol–water partition coefficient (Wildman–Crippen LogP) is 1.98. The quantitative estimate of drug-likeness (QED) is 0.591. The molecule has 1 saturated heterocycles. The van der Waals surface area contributed by atoms with Gasteiger partial charge in [0.05, 0.1) is 17.8 Å². The van der Waals surface area contributed by atoms with Crippen molar-refractivity contribution < 1.29 is 9.47 Å². The minimum Gasteiger partial charge on any atom is -0.381 e. The molecule has 12 heavy (non-hydrogen) atoms. The Bertz CT molecular complexity index is 181. The zero-order valence-corrected chi connectivity index (χ0v) is 8.17. The van der Waals surface area contributed by atoms with E-state index in [0.717, 1.165) is 5.92 Å². The average Bonchev–Trinajstić information content (AvgIpc) is 2.73. The van der Waals surface area contributed by atoms with Crippen LogP contribution in [0.3, 0.4) is 0 Å². The molecule has 1 aliphatic heterocycles. The van der Waals surface area contributed by atoms with Gasteiger partial charge in [-0.25, -0.2) is 0 Å². The summed E-state index contributed by atoms with van der Waals surface area (Å²) in [7, 11) is 1.80. The summed E-state index contributed by atoms with van der Waals surface area (Å²) in [6, 6.07) is 0. The van der Waals surface area contributed by atoms with E-state index in [1.807, 2.05) is 0 Å². The summed E-state index contributed by atoms with van der Waals surface area (Å²) in [5.74, 6) is 0.718. The number of hydrogen-bond acceptors (Lipinski definition) is 2. The van der Waals surface area contributed by atoms with Gasteiger partial charge in [-0.15, -0.1) is 0 Å². The van der Waals surface area contributed by atoms with E-state index in [4.69, 9.17) is 9.47 Å². The van der Waals surface area contributed by atoms with Gasteiger partial charge in [0.1, 0.15) is 0 Å². The Morgan fingerprint density at radius 1 is 1.58 bits per heavy atom. The van der Waals surface area contributed by atoms with Crippen molar-refractivity contribution >= 4 is 0 Å². The van der Waals surface area contributed by atoms with Gasteiger partial charge < -0.3 is 9.47 Å². The molecule has 1 heterocycles. The van der Waals surface area contributed by atoms with Crippen LogP contribution in [0.4, 0.5) is 0 Å². The first-order valence-electron chi connectivity index (χ1n) is 4.86. The number of fused-ring (bicyclic) bond motifs is 1. The Morgan fingerprint density at radius 3 is 2.92 bits per heavy atom. The maximum atomic E-state index is 5.63. The van der Waals surface area contributed by atoms with Crippen LogP contribution >= 0.6 is 0 Å². The lowest BCUT2D eigenvalue weighted by molar-refractivity contribution is 0.0517. The smallest absolute Gasteiger partial charge is 0.0920 e. The summed E-state index contributed by atoms with van der Waals surface area (Å²) >= 11 is 0. The lowest BCUT2D eigenvalue weighted by atomic mass is 9.80. The zero-order chi connectivity index (χ0) is 8.77. The van der Waals surface area contributed by atoms with E-state index in [1.54, 1.807) is 7.11 Å². The van der Waals surface area contributed by atoms with Crippen LogP contribution in [0.25, 0.3) is 0 Å². The lowest BCUT2D eigenvalue weighted by Crippen LogP contribution is -2.28. The van der Waals surface area contributed by atoms with Crippen molar-refractivity contribution in [1.82, 2.24) is 0 Å². The normalized spacial score (nSPS) is 48.2. The van der Waals surface area contributed by atoms with Crippen LogP contribution < -0.4 is 0 Å². The molecular formula is C10H18O2. The molecule has 0 amide bonds. The van der Waals surface area contributed by atoms with Gasteiger partial charge in [-0.2, -0.15) is 0 Å². The van der Waals surface area contributed by atoms with E-state index in [1.165, 1.54) is 19.3 Å². The maximum Gasteiger partial charge on any atom is 0.0920 e. The van der Waals surface area contributed by atoms with Crippen LogP contribution in [0.15, 0.2) is 0 Å². The van der Waals surface area contributed by atoms with Crippen molar-refractivity contribution in [2.24, 2.45) is 5.92 Å². The SMILES string of the molecule is COC(C)C1CCC2(C)OC2C1. The van der Waals surface area contributed by atoms with E-state index in [2.05, 4.69) is 13.8 Å². The molecule has 0 aromatic rings. The number of methoxy groups -OCH3 is 1. The molecule has 2 nitrogen and oxygen atoms in total. The highest BCUT2D eigenvalue weighted by atomic mass is 16.6. The van der Waals surface area contributed by atoms with Crippen LogP contribution in [0.5, 0.6) is 0 Å². The van der Waals surface area contributed by atoms with E-state index in [0.29, 0.717) is 12.2 Å². The van der Waals surface area contributed by atoms with Gasteiger partial charge in [0.15, 0.2) is 0 Å². The molecule has 0 radical (unpaired) electrons. The van der Waals surface area contributed by atoms with Gasteiger partial charge in [0, 0.05) is 7.11 Å². The maximum absolute atomic E-state index is 5.63. The van der Waals surface area contributed by atoms with Crippen LogP contribution in [-0.2, 0) is 9.47 Å². The first-order chi connectivity index (χ1) is 5.65. The fraction of sp³-hybridized carbons (Fsp3) is 1.00. The van der Waals surface area contributed by atoms with E-state index >= 15 is 0 Å². The van der Waals surface area contributed by atoms with Crippen molar-refractivity contribution in [2.45, 2.75) is 50.9 Å². The topological polar surface area (TPSA) is 21.8 Å². The van der Waals surface area contributed by atoms with Crippen molar-refractivity contribution in [3.05, 3.63) is 0 Å². The second kappa shape index (κ2) is 2.71. The predicted molar refractivity (Wildman–Crippen MR) is 47.1 cm³/mol. The third kappa shape index (κ3) is 1.27. The first kappa shape index (κ1) is 8.52. The third-order valence-electron chi connectivity index (χ3n) is 3.60. The van der Waals surface area contributed by atoms with Crippen LogP contribution in [-0.4, -0.2) is 24.9 Å². The molecule has 2 aliphatic rings. The number of hydrogen-bond donors (Lipinski definition) is 0. The minimum atomic E-state index is 0.254. The molecule has 2 rings (SSSR count). The van der Waals surface area contributed by atoms with Gasteiger partial charge in [-0.1, -0.05) is 0 Å². The molecule has 4 atom stereocenters. The summed E-state index contributed by atoms with van der Waals surface area (Å²) in [6.07, 6.45) is 4.62. The van der Waals surface area contributed by atoms with E-state index in [9.17, 15) is 0 Å². The number of ether oxygens (including phenoxy) is 2. The molecule has 2 fully saturated rings. The molecule has 0 bridgehead atoms. The minimum absolute atomic E-state index is 0.254. The molecule has 1 saturated carbocycles. The summed E-state index contributed by atoms with van der Waals surface area (Å²) in [5.41, 5.74) is 0.254. The molecule has 4 unspecified atom stereocenters. The highest BCUT2D eigenvalue weighted by Gasteiger charge is 2.55. The highest BCUT2D eigenvalue weighted by Crippen LogP contribution is 2.49. The Morgan fingerprint density at radius 2 is 2.33 bits per heavy atom. The fourth-order valence-electron chi connectivity index (χ4n) is 2.29. The Hall–Kier alpha value is -0.0800. The number of epoxide rings is 1. The second-order valence-electron chi connectivity index (χ2n) is 4.39. The standard InChI is InChI=1S/C10H18O2/c1-7(11-3)8-4-5-10(2)9(6-8)12-10/h7-9H,4-6H2,1-3H3. The summed E-state index contributed by atoms with van der Waals surface area (Å²) in [5, 5.41) is 0. The van der Waals surface area contributed by atoms with E-state index in [-0.39, 0.29) is 5.60 Å². The van der Waals surface area contributed by atoms with Gasteiger partial charge >= 0.3 is 0 Å². The van der Waals surface area contributed by atoms with Crippen molar-refractivity contribution in [1.29, 1.82) is 0 Å². The number of rotatable bonds is 2. The van der Waals surface area contributed by atoms with E-state index < -0.39 is 0 Å². The lowest BCUT2D eigenvalue weighted by Gasteiger charge is -2.26. The molecule has 0 spiro atoms. The first-order valence-corrected chi connectivity index (χ1v) is 4.86. The molecule has 0 N–H and O–H groups in total. The molecule has 0 aromatic carbocycles. The monoisotopic (exact) mass is 170 g/mol. The van der Waals surface area contributed by atoms with Crippen molar-refractivity contribution in [2.75, 3.05) is 7.11 Å². The summed E-state index contributed by atoms with van der Waals surface area (Å²) < 4.78 is 11.0. The Kier molecular flexibility index (Phi) is 1.92. The molecule has 0 aromatic heterocycles. The third-order valence-corrected chi connectivity index (χ3v) is 3.60. The van der Waals surface area contributed by atoms with Crippen LogP contribution in [0, 0.1) is 5.92 Å². The Labute approximate surface area is 74.2 Å². The van der Waals surface area contributed by atoms with Crippen molar-refractivity contribution in [3.8, 4) is 0 Å². The summed E-state index contributed by atoms with van der Waals surface area (Å²) in [4.78, 5) is 0. The van der Waals surface area contributed by atoms with Gasteiger partial charge in [-0.3, -0.25) is 0 Å². The zero-order valence-electron chi connectivity index (χ0n) is 8.17. The van der Waals surface area contributed by atoms with Crippen LogP contribution in [0.1, 0.15) is 33.1 Å². The molecule has 70 valence electrons. The van der Waals surface area contributed by atoms with Crippen LogP contribution in [0.2, 0.25) is 0 Å². The second-order valence-corrected chi connectivity index (χ2v) is 4.39. The van der Waals surface area contributed by atoms with Gasteiger partial charge in [0.2, 0.25) is 0 Å². The largest absolute Gasteiger partial charge is 0.381 e. The Balaban J connectivity index is 1.89. The van der Waals surface area contributed by atoms with Crippen molar-refractivity contribution in [3.63, 3.8) is 0 Å².